The molecule has 0 aliphatic rings. The van der Waals surface area contributed by atoms with Gasteiger partial charge in [-0.2, -0.15) is 0 Å². The van der Waals surface area contributed by atoms with Gasteiger partial charge in [-0.1, -0.05) is 30.3 Å². The van der Waals surface area contributed by atoms with Crippen molar-refractivity contribution in [3.05, 3.63) is 82.8 Å². The quantitative estimate of drug-likeness (QED) is 0.769. The Kier molecular flexibility index (Phi) is 4.66. The highest BCUT2D eigenvalue weighted by molar-refractivity contribution is 6.04. The molecule has 126 valence electrons. The van der Waals surface area contributed by atoms with Gasteiger partial charge in [-0.3, -0.25) is 9.59 Å². The van der Waals surface area contributed by atoms with Gasteiger partial charge in [-0.25, -0.2) is 0 Å². The summed E-state index contributed by atoms with van der Waals surface area (Å²) in [5.74, 6) is -0.272. The zero-order valence-corrected chi connectivity index (χ0v) is 14.1. The molecule has 0 bridgehead atoms. The highest BCUT2D eigenvalue weighted by Gasteiger charge is 2.11. The molecule has 0 saturated carbocycles. The zero-order valence-electron chi connectivity index (χ0n) is 14.1. The first-order chi connectivity index (χ1) is 12.0. The molecule has 0 aliphatic heterocycles. The van der Waals surface area contributed by atoms with Gasteiger partial charge in [0.15, 0.2) is 0 Å². The molecular formula is C20H19N3O2. The molecule has 0 radical (unpaired) electrons. The first kappa shape index (κ1) is 16.5. The van der Waals surface area contributed by atoms with Crippen LogP contribution in [0.5, 0.6) is 0 Å². The van der Waals surface area contributed by atoms with E-state index in [-0.39, 0.29) is 11.5 Å². The van der Waals surface area contributed by atoms with Crippen LogP contribution in [0.3, 0.4) is 0 Å². The number of pyridine rings is 1. The summed E-state index contributed by atoms with van der Waals surface area (Å²) in [6.07, 6.45) is 1.43. The van der Waals surface area contributed by atoms with Gasteiger partial charge < -0.3 is 15.2 Å². The van der Waals surface area contributed by atoms with Crippen molar-refractivity contribution in [2.45, 2.75) is 0 Å². The average molecular weight is 333 g/mol. The molecule has 0 saturated heterocycles. The Bertz CT molecular complexity index is 929. The number of hydrogen-bond donors (Lipinski definition) is 2. The zero-order chi connectivity index (χ0) is 17.8. The summed E-state index contributed by atoms with van der Waals surface area (Å²) in [5.41, 5.74) is 3.16. The Morgan fingerprint density at radius 1 is 1.00 bits per heavy atom. The van der Waals surface area contributed by atoms with Crippen molar-refractivity contribution >= 4 is 17.3 Å². The number of benzene rings is 2. The third kappa shape index (κ3) is 3.77. The molecule has 1 amide bonds. The van der Waals surface area contributed by atoms with Crippen LogP contribution in [0.2, 0.25) is 0 Å². The second kappa shape index (κ2) is 7.05. The van der Waals surface area contributed by atoms with E-state index >= 15 is 0 Å². The lowest BCUT2D eigenvalue weighted by molar-refractivity contribution is 0.102. The molecule has 5 heteroatoms. The Morgan fingerprint density at radius 3 is 2.32 bits per heavy atom. The van der Waals surface area contributed by atoms with Crippen molar-refractivity contribution < 1.29 is 4.79 Å². The lowest BCUT2D eigenvalue weighted by Gasteiger charge is -2.13. The average Bonchev–Trinajstić information content (AvgIpc) is 2.63. The number of aromatic amines is 1. The van der Waals surface area contributed by atoms with Crippen molar-refractivity contribution in [2.75, 3.05) is 24.3 Å². The number of rotatable bonds is 4. The number of amides is 1. The minimum absolute atomic E-state index is 0.224. The summed E-state index contributed by atoms with van der Waals surface area (Å²) in [6.45, 7) is 0. The summed E-state index contributed by atoms with van der Waals surface area (Å²) in [7, 11) is 3.91. The molecule has 0 spiro atoms. The molecule has 25 heavy (non-hydrogen) atoms. The number of carbonyl (C=O) groups is 1. The SMILES string of the molecule is CN(C)c1ccc(NC(=O)c2c[nH]c(=O)c(-c3ccccc3)c2)cc1. The van der Waals surface area contributed by atoms with E-state index in [0.717, 1.165) is 11.3 Å². The third-order valence-corrected chi connectivity index (χ3v) is 3.89. The van der Waals surface area contributed by atoms with Crippen LogP contribution >= 0.6 is 0 Å². The third-order valence-electron chi connectivity index (χ3n) is 3.89. The first-order valence-electron chi connectivity index (χ1n) is 7.91. The number of H-pyrrole nitrogens is 1. The standard InChI is InChI=1S/C20H19N3O2/c1-23(2)17-10-8-16(9-11-17)22-19(24)15-12-18(20(25)21-13-15)14-6-4-3-5-7-14/h3-13H,1-2H3,(H,21,25)(H,22,24). The highest BCUT2D eigenvalue weighted by Crippen LogP contribution is 2.18. The Hall–Kier alpha value is -3.34. The van der Waals surface area contributed by atoms with Gasteiger partial charge in [0.05, 0.1) is 5.56 Å². The minimum atomic E-state index is -0.272. The second-order valence-corrected chi connectivity index (χ2v) is 5.89. The maximum Gasteiger partial charge on any atom is 0.257 e. The first-order valence-corrected chi connectivity index (χ1v) is 7.91. The fourth-order valence-electron chi connectivity index (χ4n) is 2.49. The van der Waals surface area contributed by atoms with Gasteiger partial charge in [0.1, 0.15) is 0 Å². The van der Waals surface area contributed by atoms with Gasteiger partial charge in [-0.15, -0.1) is 0 Å². The Labute approximate surface area is 145 Å². The summed E-state index contributed by atoms with van der Waals surface area (Å²) >= 11 is 0. The van der Waals surface area contributed by atoms with Crippen LogP contribution in [0, 0.1) is 0 Å². The van der Waals surface area contributed by atoms with E-state index < -0.39 is 0 Å². The fraction of sp³-hybridized carbons (Fsp3) is 0.100. The van der Waals surface area contributed by atoms with Crippen LogP contribution in [0.15, 0.2) is 71.7 Å². The molecule has 0 atom stereocenters. The van der Waals surface area contributed by atoms with E-state index in [9.17, 15) is 9.59 Å². The highest BCUT2D eigenvalue weighted by atomic mass is 16.1. The van der Waals surface area contributed by atoms with Crippen molar-refractivity contribution in [1.29, 1.82) is 0 Å². The lowest BCUT2D eigenvalue weighted by atomic mass is 10.1. The van der Waals surface area contributed by atoms with Gasteiger partial charge in [0, 0.05) is 37.2 Å². The summed E-state index contributed by atoms with van der Waals surface area (Å²) < 4.78 is 0. The number of anilines is 2. The van der Waals surface area contributed by atoms with Crippen LogP contribution in [-0.2, 0) is 0 Å². The number of nitrogens with zero attached hydrogens (tertiary/aromatic N) is 1. The second-order valence-electron chi connectivity index (χ2n) is 5.89. The molecule has 2 aromatic carbocycles. The summed E-state index contributed by atoms with van der Waals surface area (Å²) in [5, 5.41) is 2.84. The summed E-state index contributed by atoms with van der Waals surface area (Å²) in [4.78, 5) is 29.2. The van der Waals surface area contributed by atoms with Crippen molar-refractivity contribution in [3.8, 4) is 11.1 Å². The monoisotopic (exact) mass is 333 g/mol. The fourth-order valence-corrected chi connectivity index (χ4v) is 2.49. The van der Waals surface area contributed by atoms with Crippen LogP contribution in [-0.4, -0.2) is 25.0 Å². The molecule has 3 rings (SSSR count). The topological polar surface area (TPSA) is 65.2 Å². The van der Waals surface area contributed by atoms with Gasteiger partial charge in [0.25, 0.3) is 11.5 Å². The normalized spacial score (nSPS) is 10.3. The van der Waals surface area contributed by atoms with Crippen LogP contribution in [0.4, 0.5) is 11.4 Å². The van der Waals surface area contributed by atoms with Crippen molar-refractivity contribution in [3.63, 3.8) is 0 Å². The molecule has 0 unspecified atom stereocenters. The lowest BCUT2D eigenvalue weighted by Crippen LogP contribution is -2.16. The molecule has 1 heterocycles. The predicted octanol–water partition coefficient (Wildman–Crippen LogP) is 3.36. The maximum atomic E-state index is 12.5. The molecule has 5 nitrogen and oxygen atoms in total. The van der Waals surface area contributed by atoms with E-state index in [1.807, 2.05) is 73.6 Å². The van der Waals surface area contributed by atoms with E-state index in [1.54, 1.807) is 6.07 Å². The number of aromatic nitrogens is 1. The van der Waals surface area contributed by atoms with Crippen LogP contribution in [0.25, 0.3) is 11.1 Å². The molecule has 0 aliphatic carbocycles. The van der Waals surface area contributed by atoms with Crippen LogP contribution in [0.1, 0.15) is 10.4 Å². The number of carbonyl (C=O) groups excluding carboxylic acids is 1. The van der Waals surface area contributed by atoms with E-state index in [0.29, 0.717) is 16.8 Å². The van der Waals surface area contributed by atoms with E-state index in [4.69, 9.17) is 0 Å². The Balaban J connectivity index is 1.84. The van der Waals surface area contributed by atoms with Gasteiger partial charge in [0.2, 0.25) is 0 Å². The maximum absolute atomic E-state index is 12.5. The van der Waals surface area contributed by atoms with Crippen molar-refractivity contribution in [2.24, 2.45) is 0 Å². The summed E-state index contributed by atoms with van der Waals surface area (Å²) in [6, 6.07) is 18.4. The van der Waals surface area contributed by atoms with E-state index in [2.05, 4.69) is 10.3 Å². The van der Waals surface area contributed by atoms with Crippen molar-refractivity contribution in [1.82, 2.24) is 4.98 Å². The molecule has 0 fully saturated rings. The Morgan fingerprint density at radius 2 is 1.68 bits per heavy atom. The van der Waals surface area contributed by atoms with Crippen LogP contribution < -0.4 is 15.8 Å². The molecule has 1 aromatic heterocycles. The largest absolute Gasteiger partial charge is 0.378 e. The van der Waals surface area contributed by atoms with Gasteiger partial charge >= 0.3 is 0 Å². The minimum Gasteiger partial charge on any atom is -0.378 e. The number of hydrogen-bond acceptors (Lipinski definition) is 3. The number of nitrogens with one attached hydrogen (secondary N) is 2. The molecule has 2 N–H and O–H groups in total. The molecular weight excluding hydrogens is 314 g/mol. The predicted molar refractivity (Wildman–Crippen MR) is 101 cm³/mol. The van der Waals surface area contributed by atoms with Gasteiger partial charge in [-0.05, 0) is 35.9 Å². The van der Waals surface area contributed by atoms with E-state index in [1.165, 1.54) is 6.20 Å². The molecule has 3 aromatic rings. The smallest absolute Gasteiger partial charge is 0.257 e.